The van der Waals surface area contributed by atoms with E-state index in [0.29, 0.717) is 49.6 Å². The summed E-state index contributed by atoms with van der Waals surface area (Å²) in [5.74, 6) is 0.168. The molecular formula is C26H33ClF3N3O. The summed E-state index contributed by atoms with van der Waals surface area (Å²) < 4.78 is 40.1. The number of hydrogen-bond donors (Lipinski definition) is 1. The average Bonchev–Trinajstić information content (AvgIpc) is 2.78. The Balaban J connectivity index is 1.69. The van der Waals surface area contributed by atoms with Crippen molar-refractivity contribution < 1.29 is 18.0 Å². The van der Waals surface area contributed by atoms with Gasteiger partial charge in [0.15, 0.2) is 0 Å². The molecule has 1 aliphatic heterocycles. The maximum Gasteiger partial charge on any atom is 0.416 e. The molecule has 1 saturated heterocycles. The van der Waals surface area contributed by atoms with Crippen LogP contribution in [0.1, 0.15) is 49.9 Å². The summed E-state index contributed by atoms with van der Waals surface area (Å²) >= 11 is 5.94. The Labute approximate surface area is 204 Å². The molecule has 0 radical (unpaired) electrons. The summed E-state index contributed by atoms with van der Waals surface area (Å²) in [5, 5.41) is 0.662. The molecule has 2 aromatic rings. The van der Waals surface area contributed by atoms with Crippen LogP contribution >= 0.6 is 11.6 Å². The van der Waals surface area contributed by atoms with E-state index in [1.54, 1.807) is 0 Å². The molecule has 0 saturated carbocycles. The first kappa shape index (κ1) is 26.4. The first-order valence-corrected chi connectivity index (χ1v) is 12.1. The third-order valence-corrected chi connectivity index (χ3v) is 6.54. The van der Waals surface area contributed by atoms with Crippen LogP contribution in [0.2, 0.25) is 5.02 Å². The maximum absolute atomic E-state index is 13.4. The van der Waals surface area contributed by atoms with Crippen LogP contribution in [0.4, 0.5) is 18.9 Å². The number of halogens is 4. The Morgan fingerprint density at radius 3 is 2.21 bits per heavy atom. The van der Waals surface area contributed by atoms with E-state index in [-0.39, 0.29) is 17.7 Å². The number of amides is 1. The topological polar surface area (TPSA) is 49.6 Å². The molecule has 2 N–H and O–H groups in total. The van der Waals surface area contributed by atoms with Crippen molar-refractivity contribution in [3.05, 3.63) is 64.2 Å². The lowest BCUT2D eigenvalue weighted by Gasteiger charge is -2.38. The standard InChI is InChI=1S/C26H33ClF3N3O/c1-17(2)14-23(31)22-16-20(26(28,29)30)6-9-24(22)32-10-12-33(13-11-32)25(34)18(3)15-19-4-7-21(27)8-5-19/h4-9,16-18,23H,10-15,31H2,1-3H3/t18?,23-/m0/s1. The number of alkyl halides is 3. The maximum atomic E-state index is 13.4. The summed E-state index contributed by atoms with van der Waals surface area (Å²) in [7, 11) is 0. The summed E-state index contributed by atoms with van der Waals surface area (Å²) in [6, 6.07) is 10.8. The molecule has 0 bridgehead atoms. The van der Waals surface area contributed by atoms with Crippen molar-refractivity contribution in [2.24, 2.45) is 17.6 Å². The van der Waals surface area contributed by atoms with Gasteiger partial charge < -0.3 is 15.5 Å². The largest absolute Gasteiger partial charge is 0.416 e. The van der Waals surface area contributed by atoms with E-state index in [0.717, 1.165) is 17.3 Å². The van der Waals surface area contributed by atoms with Gasteiger partial charge in [-0.1, -0.05) is 44.5 Å². The van der Waals surface area contributed by atoms with E-state index in [9.17, 15) is 18.0 Å². The fourth-order valence-electron chi connectivity index (χ4n) is 4.49. The number of piperazine rings is 1. The zero-order valence-electron chi connectivity index (χ0n) is 19.9. The van der Waals surface area contributed by atoms with E-state index in [2.05, 4.69) is 0 Å². The first-order chi connectivity index (χ1) is 16.0. The molecule has 2 aromatic carbocycles. The SMILES string of the molecule is CC(C)C[C@H](N)c1cc(C(F)(F)F)ccc1N1CCN(C(=O)C(C)Cc2ccc(Cl)cc2)CC1. The molecule has 1 fully saturated rings. The Bertz CT molecular complexity index is 970. The van der Waals surface area contributed by atoms with Gasteiger partial charge in [0.05, 0.1) is 5.56 Å². The Hall–Kier alpha value is -2.25. The zero-order valence-corrected chi connectivity index (χ0v) is 20.7. The Morgan fingerprint density at radius 2 is 1.65 bits per heavy atom. The minimum Gasteiger partial charge on any atom is -0.368 e. The van der Waals surface area contributed by atoms with Crippen molar-refractivity contribution in [1.29, 1.82) is 0 Å². The van der Waals surface area contributed by atoms with Gasteiger partial charge in [-0.05, 0) is 60.2 Å². The van der Waals surface area contributed by atoms with Crippen molar-refractivity contribution in [3.63, 3.8) is 0 Å². The highest BCUT2D eigenvalue weighted by atomic mass is 35.5. The molecule has 0 spiro atoms. The quantitative estimate of drug-likeness (QED) is 0.517. The van der Waals surface area contributed by atoms with Crippen molar-refractivity contribution in [3.8, 4) is 0 Å². The van der Waals surface area contributed by atoms with Crippen LogP contribution in [0, 0.1) is 11.8 Å². The number of carbonyl (C=O) groups is 1. The lowest BCUT2D eigenvalue weighted by Crippen LogP contribution is -2.50. The summed E-state index contributed by atoms with van der Waals surface area (Å²) in [6.07, 6.45) is -3.20. The van der Waals surface area contributed by atoms with Crippen LogP contribution in [0.15, 0.2) is 42.5 Å². The number of anilines is 1. The summed E-state index contributed by atoms with van der Waals surface area (Å²) in [6.45, 7) is 8.05. The zero-order chi connectivity index (χ0) is 25.0. The smallest absolute Gasteiger partial charge is 0.368 e. The molecular weight excluding hydrogens is 463 g/mol. The van der Waals surface area contributed by atoms with Gasteiger partial charge >= 0.3 is 6.18 Å². The molecule has 1 heterocycles. The van der Waals surface area contributed by atoms with Crippen LogP contribution < -0.4 is 10.6 Å². The molecule has 0 aromatic heterocycles. The Kier molecular flexibility index (Phi) is 8.52. The number of carbonyl (C=O) groups excluding carboxylic acids is 1. The third kappa shape index (κ3) is 6.66. The highest BCUT2D eigenvalue weighted by Gasteiger charge is 2.33. The molecule has 186 valence electrons. The number of benzene rings is 2. The minimum absolute atomic E-state index is 0.0822. The number of nitrogens with two attached hydrogens (primary N) is 1. The van der Waals surface area contributed by atoms with Gasteiger partial charge in [-0.15, -0.1) is 0 Å². The van der Waals surface area contributed by atoms with E-state index < -0.39 is 17.8 Å². The molecule has 1 aliphatic rings. The van der Waals surface area contributed by atoms with Gasteiger partial charge in [0.2, 0.25) is 5.91 Å². The number of nitrogens with zero attached hydrogens (tertiary/aromatic N) is 2. The Morgan fingerprint density at radius 1 is 1.03 bits per heavy atom. The monoisotopic (exact) mass is 495 g/mol. The van der Waals surface area contributed by atoms with Gasteiger partial charge in [0, 0.05) is 48.8 Å². The molecule has 1 unspecified atom stereocenters. The van der Waals surface area contributed by atoms with E-state index in [1.165, 1.54) is 12.1 Å². The fraction of sp³-hybridized carbons (Fsp3) is 0.500. The second-order valence-electron chi connectivity index (χ2n) is 9.55. The van der Waals surface area contributed by atoms with E-state index in [4.69, 9.17) is 17.3 Å². The molecule has 34 heavy (non-hydrogen) atoms. The predicted molar refractivity (Wildman–Crippen MR) is 131 cm³/mol. The first-order valence-electron chi connectivity index (χ1n) is 11.7. The van der Waals surface area contributed by atoms with Crippen molar-refractivity contribution in [2.75, 3.05) is 31.1 Å². The van der Waals surface area contributed by atoms with E-state index >= 15 is 0 Å². The van der Waals surface area contributed by atoms with Crippen LogP contribution in [0.3, 0.4) is 0 Å². The van der Waals surface area contributed by atoms with Crippen LogP contribution in [-0.2, 0) is 17.4 Å². The second-order valence-corrected chi connectivity index (χ2v) is 9.99. The van der Waals surface area contributed by atoms with Gasteiger partial charge in [0.25, 0.3) is 0 Å². The molecule has 2 atom stereocenters. The van der Waals surface area contributed by atoms with E-state index in [1.807, 2.05) is 54.8 Å². The van der Waals surface area contributed by atoms with Crippen LogP contribution in [0.25, 0.3) is 0 Å². The predicted octanol–water partition coefficient (Wildman–Crippen LogP) is 5.93. The second kappa shape index (κ2) is 11.0. The normalized spacial score (nSPS) is 16.6. The highest BCUT2D eigenvalue weighted by Crippen LogP contribution is 2.36. The average molecular weight is 496 g/mol. The third-order valence-electron chi connectivity index (χ3n) is 6.29. The molecule has 0 aliphatic carbocycles. The van der Waals surface area contributed by atoms with Crippen molar-refractivity contribution in [2.45, 2.75) is 45.8 Å². The highest BCUT2D eigenvalue weighted by molar-refractivity contribution is 6.30. The molecule has 1 amide bonds. The molecule has 3 rings (SSSR count). The van der Waals surface area contributed by atoms with Gasteiger partial charge in [-0.2, -0.15) is 13.2 Å². The van der Waals surface area contributed by atoms with Gasteiger partial charge in [0.1, 0.15) is 0 Å². The lowest BCUT2D eigenvalue weighted by molar-refractivity contribution is -0.137. The summed E-state index contributed by atoms with van der Waals surface area (Å²) in [4.78, 5) is 16.9. The van der Waals surface area contributed by atoms with Crippen LogP contribution in [0.5, 0.6) is 0 Å². The van der Waals surface area contributed by atoms with Gasteiger partial charge in [-0.25, -0.2) is 0 Å². The number of hydrogen-bond acceptors (Lipinski definition) is 3. The van der Waals surface area contributed by atoms with Gasteiger partial charge in [-0.3, -0.25) is 4.79 Å². The van der Waals surface area contributed by atoms with Crippen molar-refractivity contribution >= 4 is 23.2 Å². The number of rotatable bonds is 7. The minimum atomic E-state index is -4.42. The van der Waals surface area contributed by atoms with Crippen molar-refractivity contribution in [1.82, 2.24) is 4.90 Å². The lowest BCUT2D eigenvalue weighted by atomic mass is 9.94. The molecule has 4 nitrogen and oxygen atoms in total. The summed E-state index contributed by atoms with van der Waals surface area (Å²) in [5.41, 5.74) is 7.95. The van der Waals surface area contributed by atoms with Crippen LogP contribution in [-0.4, -0.2) is 37.0 Å². The fourth-order valence-corrected chi connectivity index (χ4v) is 4.62. The molecule has 8 heteroatoms.